The summed E-state index contributed by atoms with van der Waals surface area (Å²) < 4.78 is 5.10. The highest BCUT2D eigenvalue weighted by Crippen LogP contribution is 2.30. The maximum absolute atomic E-state index is 10.8. The van der Waals surface area contributed by atoms with Crippen molar-refractivity contribution in [3.05, 3.63) is 23.8 Å². The van der Waals surface area contributed by atoms with E-state index >= 15 is 0 Å². The van der Waals surface area contributed by atoms with Gasteiger partial charge in [0.1, 0.15) is 11.9 Å². The van der Waals surface area contributed by atoms with Crippen molar-refractivity contribution in [1.29, 1.82) is 0 Å². The summed E-state index contributed by atoms with van der Waals surface area (Å²) in [6, 6.07) is 4.82. The average Bonchev–Trinajstić information content (AvgIpc) is 2.34. The quantitative estimate of drug-likeness (QED) is 0.691. The van der Waals surface area contributed by atoms with Gasteiger partial charge in [-0.3, -0.25) is 4.79 Å². The van der Waals surface area contributed by atoms with E-state index in [-0.39, 0.29) is 10.9 Å². The molecule has 5 nitrogen and oxygen atoms in total. The van der Waals surface area contributed by atoms with Gasteiger partial charge in [0.25, 0.3) is 0 Å². The first-order chi connectivity index (χ1) is 8.45. The van der Waals surface area contributed by atoms with Crippen molar-refractivity contribution >= 4 is 22.6 Å². The molecule has 2 unspecified atom stereocenters. The fraction of sp³-hybridized carbons (Fsp3) is 0.417. The van der Waals surface area contributed by atoms with Crippen LogP contribution < -0.4 is 10.5 Å². The standard InChI is InChI=1S/C12H17NO4S/c1-7(14)18-6-10(15)12(16)9-5-8(13)3-4-11(9)17-2/h3-5,10,12,15-16H,6,13H2,1-2H3. The molecule has 0 bridgehead atoms. The molecule has 4 N–H and O–H groups in total. The molecule has 1 aromatic rings. The normalized spacial score (nSPS) is 14.0. The molecule has 0 aliphatic rings. The van der Waals surface area contributed by atoms with Crippen LogP contribution in [-0.2, 0) is 4.79 Å². The molecule has 0 aliphatic heterocycles. The Hall–Kier alpha value is -1.24. The fourth-order valence-electron chi connectivity index (χ4n) is 1.49. The maximum atomic E-state index is 10.8. The van der Waals surface area contributed by atoms with Crippen molar-refractivity contribution in [3.63, 3.8) is 0 Å². The monoisotopic (exact) mass is 271 g/mol. The summed E-state index contributed by atoms with van der Waals surface area (Å²) in [6.07, 6.45) is -2.20. The van der Waals surface area contributed by atoms with Crippen molar-refractivity contribution in [2.45, 2.75) is 19.1 Å². The second kappa shape index (κ2) is 6.63. The molecule has 100 valence electrons. The molecule has 0 amide bonds. The van der Waals surface area contributed by atoms with Crippen LogP contribution >= 0.6 is 11.8 Å². The van der Waals surface area contributed by atoms with E-state index in [1.165, 1.54) is 14.0 Å². The highest BCUT2D eigenvalue weighted by Gasteiger charge is 2.22. The lowest BCUT2D eigenvalue weighted by atomic mass is 10.0. The van der Waals surface area contributed by atoms with Crippen LogP contribution in [0, 0.1) is 0 Å². The molecule has 0 aromatic heterocycles. The number of benzene rings is 1. The van der Waals surface area contributed by atoms with Crippen LogP contribution in [-0.4, -0.2) is 34.3 Å². The third kappa shape index (κ3) is 3.90. The number of nitrogen functional groups attached to an aromatic ring is 1. The van der Waals surface area contributed by atoms with Crippen molar-refractivity contribution in [2.75, 3.05) is 18.6 Å². The zero-order valence-electron chi connectivity index (χ0n) is 10.3. The highest BCUT2D eigenvalue weighted by atomic mass is 32.2. The van der Waals surface area contributed by atoms with E-state index < -0.39 is 12.2 Å². The summed E-state index contributed by atoms with van der Waals surface area (Å²) in [6.45, 7) is 1.41. The molecule has 6 heteroatoms. The van der Waals surface area contributed by atoms with E-state index in [2.05, 4.69) is 0 Å². The zero-order chi connectivity index (χ0) is 13.7. The Bertz CT molecular complexity index is 425. The number of carbonyl (C=O) groups excluding carboxylic acids is 1. The van der Waals surface area contributed by atoms with Gasteiger partial charge in [-0.25, -0.2) is 0 Å². The van der Waals surface area contributed by atoms with Crippen LogP contribution in [0.4, 0.5) is 5.69 Å². The van der Waals surface area contributed by atoms with Crippen molar-refractivity contribution in [3.8, 4) is 5.75 Å². The van der Waals surface area contributed by atoms with E-state index in [1.807, 2.05) is 0 Å². The maximum Gasteiger partial charge on any atom is 0.185 e. The number of hydrogen-bond acceptors (Lipinski definition) is 6. The lowest BCUT2D eigenvalue weighted by molar-refractivity contribution is -0.109. The largest absolute Gasteiger partial charge is 0.496 e. The summed E-state index contributed by atoms with van der Waals surface area (Å²) in [5.74, 6) is 0.567. The van der Waals surface area contributed by atoms with Gasteiger partial charge >= 0.3 is 0 Å². The number of rotatable bonds is 5. The topological polar surface area (TPSA) is 92.8 Å². The zero-order valence-corrected chi connectivity index (χ0v) is 11.1. The number of ether oxygens (including phenoxy) is 1. The summed E-state index contributed by atoms with van der Waals surface area (Å²) in [5, 5.41) is 19.7. The van der Waals surface area contributed by atoms with Gasteiger partial charge < -0.3 is 20.7 Å². The Balaban J connectivity index is 2.84. The SMILES string of the molecule is COc1ccc(N)cc1C(O)C(O)CSC(C)=O. The first-order valence-electron chi connectivity index (χ1n) is 5.38. The number of aliphatic hydroxyl groups is 2. The van der Waals surface area contributed by atoms with Crippen molar-refractivity contribution in [1.82, 2.24) is 0 Å². The Morgan fingerprint density at radius 2 is 2.17 bits per heavy atom. The summed E-state index contributed by atoms with van der Waals surface area (Å²) in [5.41, 5.74) is 6.51. The van der Waals surface area contributed by atoms with Gasteiger partial charge in [0, 0.05) is 23.9 Å². The Labute approximate surface area is 110 Å². The molecule has 0 fully saturated rings. The smallest absolute Gasteiger partial charge is 0.185 e. The van der Waals surface area contributed by atoms with Gasteiger partial charge in [-0.1, -0.05) is 11.8 Å². The highest BCUT2D eigenvalue weighted by molar-refractivity contribution is 8.13. The van der Waals surface area contributed by atoms with Gasteiger partial charge in [-0.2, -0.15) is 0 Å². The minimum atomic E-state index is -1.14. The molecule has 2 atom stereocenters. The number of hydrogen-bond donors (Lipinski definition) is 3. The predicted molar refractivity (Wildman–Crippen MR) is 71.5 cm³/mol. The number of methoxy groups -OCH3 is 1. The number of anilines is 1. The molecule has 0 radical (unpaired) electrons. The summed E-state index contributed by atoms with van der Waals surface area (Å²) >= 11 is 0.959. The molecule has 0 spiro atoms. The van der Waals surface area contributed by atoms with E-state index in [4.69, 9.17) is 10.5 Å². The van der Waals surface area contributed by atoms with Crippen molar-refractivity contribution < 1.29 is 19.7 Å². The molecule has 1 rings (SSSR count). The lowest BCUT2D eigenvalue weighted by Gasteiger charge is -2.20. The lowest BCUT2D eigenvalue weighted by Crippen LogP contribution is -2.22. The number of aliphatic hydroxyl groups excluding tert-OH is 2. The molecule has 0 heterocycles. The Morgan fingerprint density at radius 3 is 2.72 bits per heavy atom. The van der Waals surface area contributed by atoms with E-state index in [1.54, 1.807) is 18.2 Å². The van der Waals surface area contributed by atoms with Gasteiger partial charge in [-0.15, -0.1) is 0 Å². The average molecular weight is 271 g/mol. The third-order valence-corrected chi connectivity index (χ3v) is 3.31. The minimum absolute atomic E-state index is 0.110. The predicted octanol–water partition coefficient (Wildman–Crippen LogP) is 0.951. The third-order valence-electron chi connectivity index (χ3n) is 2.39. The van der Waals surface area contributed by atoms with Crippen LogP contribution in [0.1, 0.15) is 18.6 Å². The van der Waals surface area contributed by atoms with Crippen LogP contribution in [0.15, 0.2) is 18.2 Å². The first kappa shape index (κ1) is 14.8. The van der Waals surface area contributed by atoms with E-state index in [0.29, 0.717) is 17.0 Å². The van der Waals surface area contributed by atoms with Gasteiger partial charge in [0.05, 0.1) is 13.2 Å². The molecule has 1 aromatic carbocycles. The number of carbonyl (C=O) groups is 1. The second-order valence-corrected chi connectivity index (χ2v) is 5.01. The van der Waals surface area contributed by atoms with Crippen molar-refractivity contribution in [2.24, 2.45) is 0 Å². The molecule has 0 saturated heterocycles. The fourth-order valence-corrected chi connectivity index (χ4v) is 2.07. The van der Waals surface area contributed by atoms with E-state index in [9.17, 15) is 15.0 Å². The molecule has 0 aliphatic carbocycles. The van der Waals surface area contributed by atoms with E-state index in [0.717, 1.165) is 11.8 Å². The summed E-state index contributed by atoms with van der Waals surface area (Å²) in [4.78, 5) is 10.8. The molecular formula is C12H17NO4S. The first-order valence-corrected chi connectivity index (χ1v) is 6.37. The van der Waals surface area contributed by atoms with Gasteiger partial charge in [-0.05, 0) is 18.2 Å². The Morgan fingerprint density at radius 1 is 1.50 bits per heavy atom. The molecule has 0 saturated carbocycles. The second-order valence-electron chi connectivity index (χ2n) is 3.82. The van der Waals surface area contributed by atoms with Crippen LogP contribution in [0.25, 0.3) is 0 Å². The van der Waals surface area contributed by atoms with Crippen LogP contribution in [0.2, 0.25) is 0 Å². The van der Waals surface area contributed by atoms with Gasteiger partial charge in [0.2, 0.25) is 0 Å². The van der Waals surface area contributed by atoms with Crippen LogP contribution in [0.3, 0.4) is 0 Å². The molecular weight excluding hydrogens is 254 g/mol. The van der Waals surface area contributed by atoms with Gasteiger partial charge in [0.15, 0.2) is 5.12 Å². The number of thioether (sulfide) groups is 1. The van der Waals surface area contributed by atoms with Crippen LogP contribution in [0.5, 0.6) is 5.75 Å². The Kier molecular flexibility index (Phi) is 5.46. The number of nitrogens with two attached hydrogens (primary N) is 1. The summed E-state index contributed by atoms with van der Waals surface area (Å²) in [7, 11) is 1.47. The minimum Gasteiger partial charge on any atom is -0.496 e. The molecule has 18 heavy (non-hydrogen) atoms.